The molecule has 0 aromatic heterocycles. The van der Waals surface area contributed by atoms with Crippen LogP contribution in [0.25, 0.3) is 0 Å². The van der Waals surface area contributed by atoms with Crippen molar-refractivity contribution in [3.63, 3.8) is 0 Å². The third-order valence-electron chi connectivity index (χ3n) is 4.27. The number of hydrogen-bond donors (Lipinski definition) is 0. The maximum atomic E-state index is 12.4. The van der Waals surface area contributed by atoms with E-state index < -0.39 is 36.4 Å². The van der Waals surface area contributed by atoms with Crippen LogP contribution in [0.4, 0.5) is 4.79 Å². The Bertz CT molecular complexity index is 455. The molecule has 2 fully saturated rings. The number of rotatable bonds is 6. The van der Waals surface area contributed by atoms with Crippen molar-refractivity contribution in [1.29, 1.82) is 0 Å². The fraction of sp³-hybridized carbons (Fsp3) is 0.800. The van der Waals surface area contributed by atoms with E-state index >= 15 is 0 Å². The number of carbonyl (C=O) groups excluding carboxylic acids is 3. The molecule has 0 aromatic carbocycles. The predicted molar refractivity (Wildman–Crippen MR) is 79.4 cm³/mol. The molecule has 4 unspecified atom stereocenters. The normalized spacial score (nSPS) is 31.1. The van der Waals surface area contributed by atoms with E-state index in [4.69, 9.17) is 21.1 Å². The SMILES string of the molecule is CCCCCCC1OC2OC(=O)N(C(=O)CCl)C2C(C)C1=O. The Labute approximate surface area is 135 Å². The van der Waals surface area contributed by atoms with Gasteiger partial charge in [0.15, 0.2) is 5.78 Å². The maximum absolute atomic E-state index is 12.4. The molecule has 2 heterocycles. The first kappa shape index (κ1) is 17.2. The number of amides is 2. The van der Waals surface area contributed by atoms with Crippen molar-refractivity contribution in [3.8, 4) is 0 Å². The third-order valence-corrected chi connectivity index (χ3v) is 4.50. The molecule has 2 aliphatic rings. The number of imide groups is 1. The number of unbranched alkanes of at least 4 members (excludes halogenated alkanes) is 3. The molecule has 2 rings (SSSR count). The van der Waals surface area contributed by atoms with Gasteiger partial charge in [-0.15, -0.1) is 11.6 Å². The van der Waals surface area contributed by atoms with Gasteiger partial charge in [0.05, 0.1) is 0 Å². The maximum Gasteiger partial charge on any atom is 0.419 e. The van der Waals surface area contributed by atoms with Gasteiger partial charge in [0, 0.05) is 5.92 Å². The van der Waals surface area contributed by atoms with Crippen molar-refractivity contribution in [2.45, 2.75) is 64.4 Å². The smallest absolute Gasteiger partial charge is 0.417 e. The molecule has 7 heteroatoms. The molecule has 4 atom stereocenters. The summed E-state index contributed by atoms with van der Waals surface area (Å²) in [4.78, 5) is 37.0. The summed E-state index contributed by atoms with van der Waals surface area (Å²) in [5.41, 5.74) is 0. The van der Waals surface area contributed by atoms with E-state index in [1.807, 2.05) is 0 Å². The van der Waals surface area contributed by atoms with E-state index in [2.05, 4.69) is 6.92 Å². The minimum Gasteiger partial charge on any atom is -0.417 e. The van der Waals surface area contributed by atoms with Gasteiger partial charge < -0.3 is 9.47 Å². The Morgan fingerprint density at radius 1 is 1.27 bits per heavy atom. The van der Waals surface area contributed by atoms with Gasteiger partial charge in [-0.3, -0.25) is 9.59 Å². The molecule has 0 spiro atoms. The lowest BCUT2D eigenvalue weighted by Crippen LogP contribution is -2.55. The Balaban J connectivity index is 2.04. The molecule has 0 bridgehead atoms. The zero-order valence-electron chi connectivity index (χ0n) is 12.9. The summed E-state index contributed by atoms with van der Waals surface area (Å²) < 4.78 is 10.7. The Kier molecular flexibility index (Phi) is 5.81. The zero-order chi connectivity index (χ0) is 16.3. The molecule has 6 nitrogen and oxygen atoms in total. The molecule has 0 aliphatic carbocycles. The summed E-state index contributed by atoms with van der Waals surface area (Å²) in [5.74, 6) is -1.49. The van der Waals surface area contributed by atoms with Gasteiger partial charge in [-0.05, 0) is 6.42 Å². The summed E-state index contributed by atoms with van der Waals surface area (Å²) >= 11 is 5.51. The lowest BCUT2D eigenvalue weighted by molar-refractivity contribution is -0.184. The van der Waals surface area contributed by atoms with Gasteiger partial charge in [0.2, 0.25) is 12.2 Å². The molecule has 2 amide bonds. The van der Waals surface area contributed by atoms with Gasteiger partial charge in [-0.25, -0.2) is 9.69 Å². The molecule has 0 saturated carbocycles. The van der Waals surface area contributed by atoms with Crippen LogP contribution in [0.1, 0.15) is 46.0 Å². The highest BCUT2D eigenvalue weighted by Gasteiger charge is 2.55. The largest absolute Gasteiger partial charge is 0.419 e. The highest BCUT2D eigenvalue weighted by atomic mass is 35.5. The quantitative estimate of drug-likeness (QED) is 0.552. The lowest BCUT2D eigenvalue weighted by Gasteiger charge is -2.35. The van der Waals surface area contributed by atoms with Gasteiger partial charge >= 0.3 is 6.09 Å². The molecule has 0 radical (unpaired) electrons. The van der Waals surface area contributed by atoms with Crippen LogP contribution >= 0.6 is 11.6 Å². The molecule has 2 saturated heterocycles. The number of ether oxygens (including phenoxy) is 2. The van der Waals surface area contributed by atoms with Gasteiger partial charge in [-0.2, -0.15) is 0 Å². The van der Waals surface area contributed by atoms with E-state index in [1.165, 1.54) is 0 Å². The van der Waals surface area contributed by atoms with Crippen molar-refractivity contribution in [2.75, 3.05) is 5.88 Å². The average molecular weight is 332 g/mol. The fourth-order valence-electron chi connectivity index (χ4n) is 3.03. The first-order valence-corrected chi connectivity index (χ1v) is 8.32. The molecule has 2 aliphatic heterocycles. The summed E-state index contributed by atoms with van der Waals surface area (Å²) in [6.45, 7) is 3.83. The van der Waals surface area contributed by atoms with E-state index in [0.29, 0.717) is 6.42 Å². The van der Waals surface area contributed by atoms with E-state index in [-0.39, 0.29) is 11.7 Å². The summed E-state index contributed by atoms with van der Waals surface area (Å²) in [7, 11) is 0. The van der Waals surface area contributed by atoms with E-state index in [9.17, 15) is 14.4 Å². The highest BCUT2D eigenvalue weighted by Crippen LogP contribution is 2.34. The van der Waals surface area contributed by atoms with Crippen LogP contribution in [0.5, 0.6) is 0 Å². The van der Waals surface area contributed by atoms with Gasteiger partial charge in [-0.1, -0.05) is 39.5 Å². The number of alkyl halides is 1. The second-order valence-electron chi connectivity index (χ2n) is 5.81. The van der Waals surface area contributed by atoms with Crippen molar-refractivity contribution < 1.29 is 23.9 Å². The monoisotopic (exact) mass is 331 g/mol. The van der Waals surface area contributed by atoms with Crippen LogP contribution in [0.3, 0.4) is 0 Å². The second kappa shape index (κ2) is 7.42. The standard InChI is InChI=1S/C15H22ClNO5/c1-3-4-5-6-7-10-13(19)9(2)12-14(21-10)22-15(20)17(12)11(18)8-16/h9-10,12,14H,3-8H2,1-2H3. The lowest BCUT2D eigenvalue weighted by atomic mass is 9.88. The summed E-state index contributed by atoms with van der Waals surface area (Å²) in [5, 5.41) is 0. The molecular formula is C15H22ClNO5. The van der Waals surface area contributed by atoms with E-state index in [0.717, 1.165) is 30.6 Å². The molecular weight excluding hydrogens is 310 g/mol. The molecule has 0 N–H and O–H groups in total. The van der Waals surface area contributed by atoms with Crippen LogP contribution < -0.4 is 0 Å². The van der Waals surface area contributed by atoms with Crippen LogP contribution in [0.2, 0.25) is 0 Å². The number of halogens is 1. The summed E-state index contributed by atoms with van der Waals surface area (Å²) in [6.07, 6.45) is 2.58. The first-order valence-electron chi connectivity index (χ1n) is 7.79. The Hall–Kier alpha value is -1.14. The van der Waals surface area contributed by atoms with E-state index in [1.54, 1.807) is 6.92 Å². The number of carbonyl (C=O) groups is 3. The summed E-state index contributed by atoms with van der Waals surface area (Å²) in [6, 6.07) is -0.710. The van der Waals surface area contributed by atoms with Crippen LogP contribution in [0, 0.1) is 5.92 Å². The number of ketones is 1. The van der Waals surface area contributed by atoms with Gasteiger partial charge in [0.1, 0.15) is 18.0 Å². The number of hydrogen-bond acceptors (Lipinski definition) is 5. The minimum absolute atomic E-state index is 0.0802. The number of Topliss-reactive ketones (excluding diaryl/α,β-unsaturated/α-hetero) is 1. The van der Waals surface area contributed by atoms with Crippen molar-refractivity contribution in [3.05, 3.63) is 0 Å². The average Bonchev–Trinajstić information content (AvgIpc) is 2.84. The predicted octanol–water partition coefficient (Wildman–Crippen LogP) is 2.47. The van der Waals surface area contributed by atoms with Crippen molar-refractivity contribution in [2.24, 2.45) is 5.92 Å². The second-order valence-corrected chi connectivity index (χ2v) is 6.07. The molecule has 0 aromatic rings. The zero-order valence-corrected chi connectivity index (χ0v) is 13.7. The number of nitrogens with zero attached hydrogens (tertiary/aromatic N) is 1. The van der Waals surface area contributed by atoms with Crippen molar-refractivity contribution in [1.82, 2.24) is 4.90 Å². The minimum atomic E-state index is -0.872. The first-order chi connectivity index (χ1) is 10.5. The Morgan fingerprint density at radius 3 is 2.64 bits per heavy atom. The van der Waals surface area contributed by atoms with Crippen molar-refractivity contribution >= 4 is 29.4 Å². The third kappa shape index (κ3) is 3.27. The highest BCUT2D eigenvalue weighted by molar-refractivity contribution is 6.28. The van der Waals surface area contributed by atoms with Crippen LogP contribution in [0.15, 0.2) is 0 Å². The number of fused-ring (bicyclic) bond motifs is 1. The molecule has 124 valence electrons. The molecule has 22 heavy (non-hydrogen) atoms. The van der Waals surface area contributed by atoms with Crippen LogP contribution in [-0.2, 0) is 19.1 Å². The topological polar surface area (TPSA) is 72.9 Å². The van der Waals surface area contributed by atoms with Gasteiger partial charge in [0.25, 0.3) is 0 Å². The van der Waals surface area contributed by atoms with Crippen LogP contribution in [-0.4, -0.2) is 47.0 Å². The fourth-order valence-corrected chi connectivity index (χ4v) is 3.16. The Morgan fingerprint density at radius 2 is 2.00 bits per heavy atom.